The summed E-state index contributed by atoms with van der Waals surface area (Å²) in [5.74, 6) is -0.431. The van der Waals surface area contributed by atoms with Gasteiger partial charge in [-0.3, -0.25) is 19.8 Å². The number of benzene rings is 1. The van der Waals surface area contributed by atoms with Gasteiger partial charge in [-0.2, -0.15) is 0 Å². The molecule has 3 rings (SSSR count). The van der Waals surface area contributed by atoms with Crippen molar-refractivity contribution >= 4 is 44.9 Å². The van der Waals surface area contributed by atoms with E-state index in [-0.39, 0.29) is 12.2 Å². The molecule has 1 aliphatic heterocycles. The third-order valence-electron chi connectivity index (χ3n) is 3.86. The number of nitrogens with one attached hydrogen (secondary N) is 1. The molecule has 0 saturated carbocycles. The number of nitro benzene ring substituents is 1. The van der Waals surface area contributed by atoms with Gasteiger partial charge in [-0.05, 0) is 35.0 Å². The number of amides is 3. The van der Waals surface area contributed by atoms with Crippen molar-refractivity contribution in [1.82, 2.24) is 10.2 Å². The van der Waals surface area contributed by atoms with Crippen LogP contribution in [-0.4, -0.2) is 21.8 Å². The van der Waals surface area contributed by atoms with Crippen molar-refractivity contribution in [3.8, 4) is 0 Å². The summed E-state index contributed by atoms with van der Waals surface area (Å²) in [6, 6.07) is 9.07. The van der Waals surface area contributed by atoms with E-state index in [1.807, 2.05) is 0 Å². The van der Waals surface area contributed by atoms with Gasteiger partial charge >= 0.3 is 6.03 Å². The van der Waals surface area contributed by atoms with E-state index >= 15 is 0 Å². The number of imide groups is 1. The zero-order valence-corrected chi connectivity index (χ0v) is 14.9. The summed E-state index contributed by atoms with van der Waals surface area (Å²) in [5.41, 5.74) is -0.981. The number of rotatable bonds is 4. The van der Waals surface area contributed by atoms with E-state index in [1.54, 1.807) is 31.2 Å². The number of para-hydroxylation sites is 1. The molecule has 2 heterocycles. The average molecular weight is 410 g/mol. The number of urea groups is 1. The lowest BCUT2D eigenvalue weighted by molar-refractivity contribution is -0.385. The lowest BCUT2D eigenvalue weighted by Gasteiger charge is -2.20. The summed E-state index contributed by atoms with van der Waals surface area (Å²) in [6.07, 6.45) is 0. The number of hydrogen-bond donors (Lipinski definition) is 1. The number of carbonyl (C=O) groups is 2. The average Bonchev–Trinajstić information content (AvgIpc) is 3.06. The first-order valence-corrected chi connectivity index (χ1v) is 8.56. The lowest BCUT2D eigenvalue weighted by Crippen LogP contribution is -2.40. The van der Waals surface area contributed by atoms with E-state index in [0.29, 0.717) is 10.4 Å². The van der Waals surface area contributed by atoms with Gasteiger partial charge in [0.05, 0.1) is 15.3 Å². The third-order valence-corrected chi connectivity index (χ3v) is 5.70. The van der Waals surface area contributed by atoms with Crippen molar-refractivity contribution < 1.29 is 14.5 Å². The van der Waals surface area contributed by atoms with Crippen LogP contribution in [0.15, 0.2) is 40.2 Å². The largest absolute Gasteiger partial charge is 0.325 e. The van der Waals surface area contributed by atoms with Gasteiger partial charge < -0.3 is 5.32 Å². The topological polar surface area (TPSA) is 92.6 Å². The fourth-order valence-electron chi connectivity index (χ4n) is 2.58. The number of nitro groups is 1. The van der Waals surface area contributed by atoms with E-state index in [9.17, 15) is 19.7 Å². The first-order valence-electron chi connectivity index (χ1n) is 6.95. The molecule has 9 heteroatoms. The highest BCUT2D eigenvalue weighted by Crippen LogP contribution is 2.36. The Balaban J connectivity index is 1.92. The predicted molar refractivity (Wildman–Crippen MR) is 91.5 cm³/mol. The molecule has 3 amide bonds. The van der Waals surface area contributed by atoms with Crippen molar-refractivity contribution in [1.29, 1.82) is 0 Å². The van der Waals surface area contributed by atoms with Crippen LogP contribution in [0, 0.1) is 10.1 Å². The minimum atomic E-state index is -1.17. The van der Waals surface area contributed by atoms with E-state index in [4.69, 9.17) is 0 Å². The fourth-order valence-corrected chi connectivity index (χ4v) is 4.06. The molecule has 1 aliphatic rings. The molecule has 1 unspecified atom stereocenters. The molecular weight excluding hydrogens is 398 g/mol. The van der Waals surface area contributed by atoms with Crippen LogP contribution in [-0.2, 0) is 16.9 Å². The highest BCUT2D eigenvalue weighted by molar-refractivity contribution is 9.11. The van der Waals surface area contributed by atoms with Gasteiger partial charge in [0, 0.05) is 16.5 Å². The second kappa shape index (κ2) is 5.99. The van der Waals surface area contributed by atoms with Gasteiger partial charge in [0.15, 0.2) is 5.54 Å². The minimum Gasteiger partial charge on any atom is -0.319 e. The van der Waals surface area contributed by atoms with Crippen LogP contribution in [0.2, 0.25) is 0 Å². The Bertz CT molecular complexity index is 853. The first kappa shape index (κ1) is 16.6. The van der Waals surface area contributed by atoms with Gasteiger partial charge in [-0.25, -0.2) is 4.79 Å². The zero-order valence-electron chi connectivity index (χ0n) is 12.5. The molecule has 0 spiro atoms. The Labute approximate surface area is 149 Å². The van der Waals surface area contributed by atoms with Crippen LogP contribution in [0.25, 0.3) is 0 Å². The lowest BCUT2D eigenvalue weighted by atomic mass is 10.0. The number of hydrogen-bond acceptors (Lipinski definition) is 5. The minimum absolute atomic E-state index is 0.120. The summed E-state index contributed by atoms with van der Waals surface area (Å²) >= 11 is 4.69. The summed E-state index contributed by atoms with van der Waals surface area (Å²) < 4.78 is 0.845. The van der Waals surface area contributed by atoms with Crippen LogP contribution < -0.4 is 5.32 Å². The first-order chi connectivity index (χ1) is 11.3. The molecule has 1 N–H and O–H groups in total. The molecule has 124 valence electrons. The quantitative estimate of drug-likeness (QED) is 0.475. The molecule has 1 aromatic carbocycles. The fraction of sp³-hybridized carbons (Fsp3) is 0.200. The van der Waals surface area contributed by atoms with Gasteiger partial charge in [0.25, 0.3) is 11.6 Å². The maximum absolute atomic E-state index is 12.8. The van der Waals surface area contributed by atoms with Crippen molar-refractivity contribution in [2.24, 2.45) is 0 Å². The predicted octanol–water partition coefficient (Wildman–Crippen LogP) is 3.39. The van der Waals surface area contributed by atoms with Gasteiger partial charge in [-0.1, -0.05) is 18.2 Å². The summed E-state index contributed by atoms with van der Waals surface area (Å²) in [7, 11) is 0. The molecule has 2 aromatic rings. The summed E-state index contributed by atoms with van der Waals surface area (Å²) in [4.78, 5) is 37.4. The molecule has 1 aromatic heterocycles. The van der Waals surface area contributed by atoms with Gasteiger partial charge in [0.1, 0.15) is 0 Å². The van der Waals surface area contributed by atoms with Crippen LogP contribution in [0.1, 0.15) is 17.4 Å². The maximum atomic E-state index is 12.8. The van der Waals surface area contributed by atoms with Crippen molar-refractivity contribution in [2.75, 3.05) is 0 Å². The molecule has 0 radical (unpaired) electrons. The standard InChI is InChI=1S/C15H12BrN3O4S/c1-15(11-6-7-12(16)24-11)13(20)18(14(21)17-15)8-9-4-2-3-5-10(9)19(22)23/h2-7H,8H2,1H3,(H,17,21). The van der Waals surface area contributed by atoms with E-state index in [1.165, 1.54) is 23.5 Å². The van der Waals surface area contributed by atoms with E-state index in [2.05, 4.69) is 21.2 Å². The molecule has 1 fully saturated rings. The monoisotopic (exact) mass is 409 g/mol. The maximum Gasteiger partial charge on any atom is 0.325 e. The normalized spacial score (nSPS) is 20.3. The highest BCUT2D eigenvalue weighted by Gasteiger charge is 2.50. The Hall–Kier alpha value is -2.26. The van der Waals surface area contributed by atoms with Gasteiger partial charge in [0.2, 0.25) is 0 Å². The van der Waals surface area contributed by atoms with Crippen LogP contribution in [0.5, 0.6) is 0 Å². The second-order valence-electron chi connectivity index (χ2n) is 5.44. The second-order valence-corrected chi connectivity index (χ2v) is 7.90. The van der Waals surface area contributed by atoms with Gasteiger partial charge in [-0.15, -0.1) is 11.3 Å². The molecule has 7 nitrogen and oxygen atoms in total. The molecule has 0 aliphatic carbocycles. The molecule has 0 bridgehead atoms. The molecule has 24 heavy (non-hydrogen) atoms. The Morgan fingerprint density at radius 1 is 1.29 bits per heavy atom. The zero-order chi connectivity index (χ0) is 17.5. The summed E-state index contributed by atoms with van der Waals surface area (Å²) in [6.45, 7) is 1.48. The molecule has 1 atom stereocenters. The SMILES string of the molecule is CC1(c2ccc(Br)s2)NC(=O)N(Cc2ccccc2[N+](=O)[O-])C1=O. The number of nitrogens with zero attached hydrogens (tertiary/aromatic N) is 2. The van der Waals surface area contributed by atoms with Crippen LogP contribution in [0.3, 0.4) is 0 Å². The van der Waals surface area contributed by atoms with Crippen molar-refractivity contribution in [3.63, 3.8) is 0 Å². The Kier molecular flexibility index (Phi) is 4.14. The number of halogens is 1. The summed E-state index contributed by atoms with van der Waals surface area (Å²) in [5, 5.41) is 13.8. The third kappa shape index (κ3) is 2.69. The van der Waals surface area contributed by atoms with Crippen LogP contribution >= 0.6 is 27.3 Å². The molecular formula is C15H12BrN3O4S. The van der Waals surface area contributed by atoms with E-state index in [0.717, 1.165) is 8.69 Å². The van der Waals surface area contributed by atoms with Crippen molar-refractivity contribution in [2.45, 2.75) is 19.0 Å². The van der Waals surface area contributed by atoms with Crippen molar-refractivity contribution in [3.05, 3.63) is 60.7 Å². The smallest absolute Gasteiger partial charge is 0.319 e. The Morgan fingerprint density at radius 2 is 2.00 bits per heavy atom. The Morgan fingerprint density at radius 3 is 2.62 bits per heavy atom. The number of carbonyl (C=O) groups excluding carboxylic acids is 2. The molecule has 1 saturated heterocycles. The highest BCUT2D eigenvalue weighted by atomic mass is 79.9. The van der Waals surface area contributed by atoms with E-state index < -0.39 is 22.4 Å². The van der Waals surface area contributed by atoms with Crippen LogP contribution in [0.4, 0.5) is 10.5 Å². The number of thiophene rings is 1.